The smallest absolute Gasteiger partial charge is 0.259 e. The van der Waals surface area contributed by atoms with Crippen LogP contribution in [-0.2, 0) is 10.5 Å². The molecule has 1 aromatic carbocycles. The summed E-state index contributed by atoms with van der Waals surface area (Å²) in [6, 6.07) is 0. The number of nitrogens with zero attached hydrogens (tertiary/aromatic N) is 1. The van der Waals surface area contributed by atoms with Gasteiger partial charge in [-0.3, -0.25) is 20.4 Å². The summed E-state index contributed by atoms with van der Waals surface area (Å²) >= 11 is 2.41. The number of thioether (sulfide) groups is 1. The third-order valence-corrected chi connectivity index (χ3v) is 6.70. The fourth-order valence-corrected chi connectivity index (χ4v) is 4.39. The van der Waals surface area contributed by atoms with E-state index < -0.39 is 45.9 Å². The van der Waals surface area contributed by atoms with Gasteiger partial charge in [-0.15, -0.1) is 23.1 Å². The molecule has 0 aliphatic heterocycles. The number of fused-ring (bicyclic) bond motifs is 1. The maximum Gasteiger partial charge on any atom is 0.259 e. The van der Waals surface area contributed by atoms with Crippen molar-refractivity contribution in [1.29, 1.82) is 0 Å². The van der Waals surface area contributed by atoms with Crippen LogP contribution < -0.4 is 16.4 Å². The van der Waals surface area contributed by atoms with E-state index in [0.717, 1.165) is 22.2 Å². The molecule has 0 spiro atoms. The second kappa shape index (κ2) is 8.83. The van der Waals surface area contributed by atoms with Crippen LogP contribution in [0, 0.1) is 42.9 Å². The largest absolute Gasteiger partial charge is 0.309 e. The molecule has 0 saturated carbocycles. The van der Waals surface area contributed by atoms with Crippen molar-refractivity contribution in [2.45, 2.75) is 31.8 Å². The van der Waals surface area contributed by atoms with Gasteiger partial charge in [0.15, 0.2) is 23.3 Å². The van der Waals surface area contributed by atoms with Gasteiger partial charge in [0, 0.05) is 4.88 Å². The van der Waals surface area contributed by atoms with Gasteiger partial charge < -0.3 is 4.98 Å². The summed E-state index contributed by atoms with van der Waals surface area (Å²) in [4.78, 5) is 32.9. The van der Waals surface area contributed by atoms with E-state index in [1.165, 1.54) is 18.3 Å². The number of nitrogens with one attached hydrogen (secondary N) is 3. The number of carbonyl (C=O) groups excluding carboxylic acids is 1. The molecule has 3 rings (SSSR count). The van der Waals surface area contributed by atoms with Gasteiger partial charge in [0.25, 0.3) is 11.5 Å². The maximum absolute atomic E-state index is 13.6. The highest BCUT2D eigenvalue weighted by molar-refractivity contribution is 7.99. The van der Waals surface area contributed by atoms with Gasteiger partial charge in [-0.05, 0) is 26.3 Å². The SMILES string of the molecule is Cc1sc2nc(CS[C@H](C)C(=O)NNc3c(F)c(F)c(F)c(F)c3F)[nH]c(=O)c2c1C. The van der Waals surface area contributed by atoms with Crippen molar-refractivity contribution in [3.63, 3.8) is 0 Å². The third kappa shape index (κ3) is 4.37. The average molecular weight is 478 g/mol. The fourth-order valence-electron chi connectivity index (χ4n) is 2.59. The van der Waals surface area contributed by atoms with Gasteiger partial charge >= 0.3 is 0 Å². The van der Waals surface area contributed by atoms with Crippen LogP contribution in [0.5, 0.6) is 0 Å². The first-order chi connectivity index (χ1) is 14.5. The van der Waals surface area contributed by atoms with Gasteiger partial charge in [-0.25, -0.2) is 26.9 Å². The standard InChI is InChI=1S/C18H15F5N4O2S2/c1-5-6(2)31-18-9(5)17(29)24-8(25-18)4-30-7(3)16(28)27-26-15-13(22)11(20)10(19)12(21)14(15)23/h7,26H,4H2,1-3H3,(H,27,28)(H,24,25,29)/t7-/m1/s1. The zero-order chi connectivity index (χ0) is 23.0. The van der Waals surface area contributed by atoms with Crippen LogP contribution in [0.25, 0.3) is 10.2 Å². The molecule has 31 heavy (non-hydrogen) atoms. The minimum atomic E-state index is -2.30. The Morgan fingerprint density at radius 1 is 1.10 bits per heavy atom. The van der Waals surface area contributed by atoms with Crippen LogP contribution in [0.4, 0.5) is 27.6 Å². The number of H-pyrrole nitrogens is 1. The lowest BCUT2D eigenvalue weighted by Gasteiger charge is -2.15. The Morgan fingerprint density at radius 2 is 1.68 bits per heavy atom. The number of hydrogen-bond donors (Lipinski definition) is 3. The predicted molar refractivity (Wildman–Crippen MR) is 108 cm³/mol. The van der Waals surface area contributed by atoms with Crippen molar-refractivity contribution < 1.29 is 26.7 Å². The summed E-state index contributed by atoms with van der Waals surface area (Å²) in [7, 11) is 0. The molecule has 0 bridgehead atoms. The first kappa shape index (κ1) is 23.0. The maximum atomic E-state index is 13.6. The number of halogens is 5. The van der Waals surface area contributed by atoms with Gasteiger partial charge in [-0.1, -0.05) is 0 Å². The Kier molecular flexibility index (Phi) is 6.55. The Labute approximate surface area is 180 Å². The van der Waals surface area contributed by atoms with E-state index in [-0.39, 0.29) is 11.3 Å². The van der Waals surface area contributed by atoms with Gasteiger partial charge in [0.05, 0.1) is 16.4 Å². The van der Waals surface area contributed by atoms with E-state index in [1.54, 1.807) is 5.43 Å². The second-order valence-corrected chi connectivity index (χ2v) is 9.02. The summed E-state index contributed by atoms with van der Waals surface area (Å²) in [5, 5.41) is -0.310. The number of aryl methyl sites for hydroxylation is 2. The van der Waals surface area contributed by atoms with Gasteiger partial charge in [0.1, 0.15) is 16.3 Å². The minimum Gasteiger partial charge on any atom is -0.309 e. The highest BCUT2D eigenvalue weighted by Gasteiger charge is 2.26. The Bertz CT molecular complexity index is 1220. The number of aromatic nitrogens is 2. The Balaban J connectivity index is 1.66. The van der Waals surface area contributed by atoms with Crippen molar-refractivity contribution in [2.75, 3.05) is 5.43 Å². The molecule has 13 heteroatoms. The van der Waals surface area contributed by atoms with Crippen LogP contribution >= 0.6 is 23.1 Å². The van der Waals surface area contributed by atoms with Crippen LogP contribution in [0.3, 0.4) is 0 Å². The minimum absolute atomic E-state index is 0.137. The molecule has 2 aromatic heterocycles. The highest BCUT2D eigenvalue weighted by Crippen LogP contribution is 2.28. The zero-order valence-electron chi connectivity index (χ0n) is 16.3. The molecule has 166 valence electrons. The number of aromatic amines is 1. The van der Waals surface area contributed by atoms with Gasteiger partial charge in [0.2, 0.25) is 5.82 Å². The molecule has 0 saturated heterocycles. The number of benzene rings is 1. The molecule has 0 aliphatic carbocycles. The Morgan fingerprint density at radius 3 is 2.29 bits per heavy atom. The number of anilines is 1. The van der Waals surface area contributed by atoms with Crippen LogP contribution in [0.1, 0.15) is 23.2 Å². The molecule has 1 amide bonds. The number of amides is 1. The Hall–Kier alpha value is -2.67. The molecule has 0 unspecified atom stereocenters. The summed E-state index contributed by atoms with van der Waals surface area (Å²) in [6.45, 7) is 5.15. The molecule has 0 fully saturated rings. The van der Waals surface area contributed by atoms with Gasteiger partial charge in [-0.2, -0.15) is 0 Å². The number of rotatable bonds is 6. The predicted octanol–water partition coefficient (Wildman–Crippen LogP) is 4.06. The lowest BCUT2D eigenvalue weighted by molar-refractivity contribution is -0.119. The molecule has 0 radical (unpaired) electrons. The quantitative estimate of drug-likeness (QED) is 0.215. The van der Waals surface area contributed by atoms with E-state index in [1.807, 2.05) is 19.3 Å². The fraction of sp³-hybridized carbons (Fsp3) is 0.278. The van der Waals surface area contributed by atoms with Crippen LogP contribution in [-0.4, -0.2) is 21.1 Å². The molecule has 3 aromatic rings. The average Bonchev–Trinajstić information content (AvgIpc) is 3.02. The molecular formula is C18H15F5N4O2S2. The molecule has 1 atom stereocenters. The third-order valence-electron chi connectivity index (χ3n) is 4.45. The van der Waals surface area contributed by atoms with Crippen molar-refractivity contribution in [3.8, 4) is 0 Å². The summed E-state index contributed by atoms with van der Waals surface area (Å²) < 4.78 is 66.8. The molecule has 2 heterocycles. The summed E-state index contributed by atoms with van der Waals surface area (Å²) in [5.41, 5.74) is 2.81. The van der Waals surface area contributed by atoms with Crippen LogP contribution in [0.15, 0.2) is 4.79 Å². The summed E-state index contributed by atoms with van der Waals surface area (Å²) in [5.74, 6) is -11.1. The van der Waals surface area contributed by atoms with E-state index in [9.17, 15) is 31.5 Å². The number of hydrazine groups is 1. The van der Waals surface area contributed by atoms with Crippen molar-refractivity contribution >= 4 is 44.9 Å². The lowest BCUT2D eigenvalue weighted by Crippen LogP contribution is -2.36. The molecule has 3 N–H and O–H groups in total. The van der Waals surface area contributed by atoms with Crippen molar-refractivity contribution in [1.82, 2.24) is 15.4 Å². The topological polar surface area (TPSA) is 86.9 Å². The van der Waals surface area contributed by atoms with E-state index >= 15 is 0 Å². The van der Waals surface area contributed by atoms with E-state index in [4.69, 9.17) is 0 Å². The normalized spacial score (nSPS) is 12.3. The number of hydrogen-bond acceptors (Lipinski definition) is 6. The first-order valence-corrected chi connectivity index (χ1v) is 10.6. The molecular weight excluding hydrogens is 463 g/mol. The van der Waals surface area contributed by atoms with Crippen molar-refractivity contribution in [3.05, 3.63) is 55.7 Å². The number of carbonyl (C=O) groups is 1. The second-order valence-electron chi connectivity index (χ2n) is 6.49. The highest BCUT2D eigenvalue weighted by atomic mass is 32.2. The van der Waals surface area contributed by atoms with Crippen LogP contribution in [0.2, 0.25) is 0 Å². The monoisotopic (exact) mass is 478 g/mol. The van der Waals surface area contributed by atoms with Crippen molar-refractivity contribution in [2.24, 2.45) is 0 Å². The molecule has 0 aliphatic rings. The molecule has 6 nitrogen and oxygen atoms in total. The first-order valence-electron chi connectivity index (χ1n) is 8.70. The van der Waals surface area contributed by atoms with E-state index in [2.05, 4.69) is 9.97 Å². The zero-order valence-corrected chi connectivity index (χ0v) is 17.9. The summed E-state index contributed by atoms with van der Waals surface area (Å²) in [6.07, 6.45) is 0. The lowest BCUT2D eigenvalue weighted by atomic mass is 10.2. The van der Waals surface area contributed by atoms with E-state index in [0.29, 0.717) is 16.0 Å². The number of thiophene rings is 1.